The lowest BCUT2D eigenvalue weighted by Gasteiger charge is -2.21. The smallest absolute Gasteiger partial charge is 0.277 e. The second-order valence-corrected chi connectivity index (χ2v) is 6.55. The van der Waals surface area contributed by atoms with E-state index in [0.29, 0.717) is 24.4 Å². The lowest BCUT2D eigenvalue weighted by Crippen LogP contribution is -2.34. The fraction of sp³-hybridized carbons (Fsp3) is 0.273. The Morgan fingerprint density at radius 3 is 2.12 bits per heavy atom. The molecule has 0 bridgehead atoms. The van der Waals surface area contributed by atoms with Crippen molar-refractivity contribution < 1.29 is 9.59 Å². The largest absolute Gasteiger partial charge is 0.365 e. The normalized spacial score (nSPS) is 14.3. The Balaban J connectivity index is 1.99. The first-order chi connectivity index (χ1) is 12.6. The van der Waals surface area contributed by atoms with Gasteiger partial charge in [-0.3, -0.25) is 14.5 Å². The number of carbonyl (C=O) groups is 2. The topological polar surface area (TPSA) is 40.6 Å². The van der Waals surface area contributed by atoms with Crippen LogP contribution in [0.3, 0.4) is 0 Å². The summed E-state index contributed by atoms with van der Waals surface area (Å²) in [5.74, 6) is -0.384. The molecule has 0 saturated heterocycles. The van der Waals surface area contributed by atoms with Crippen LogP contribution < -0.4 is 0 Å². The van der Waals surface area contributed by atoms with Crippen molar-refractivity contribution in [1.29, 1.82) is 0 Å². The summed E-state index contributed by atoms with van der Waals surface area (Å²) in [6.45, 7) is 3.10. The van der Waals surface area contributed by atoms with Crippen molar-refractivity contribution in [2.45, 2.75) is 26.3 Å². The second-order valence-electron chi connectivity index (χ2n) is 6.55. The zero-order valence-corrected chi connectivity index (χ0v) is 15.3. The summed E-state index contributed by atoms with van der Waals surface area (Å²) in [7, 11) is 1.87. The monoisotopic (exact) mass is 348 g/mol. The number of carbonyl (C=O) groups excluding carboxylic acids is 2. The first kappa shape index (κ1) is 17.9. The van der Waals surface area contributed by atoms with Gasteiger partial charge in [0.2, 0.25) is 0 Å². The predicted molar refractivity (Wildman–Crippen MR) is 103 cm³/mol. The van der Waals surface area contributed by atoms with Crippen LogP contribution in [0.1, 0.15) is 30.9 Å². The molecule has 0 aliphatic carbocycles. The fourth-order valence-electron chi connectivity index (χ4n) is 3.24. The van der Waals surface area contributed by atoms with Crippen LogP contribution in [0.5, 0.6) is 0 Å². The highest BCUT2D eigenvalue weighted by molar-refractivity contribution is 6.35. The van der Waals surface area contributed by atoms with Crippen molar-refractivity contribution in [3.63, 3.8) is 0 Å². The molecule has 26 heavy (non-hydrogen) atoms. The number of likely N-dealkylation sites (N-methyl/N-ethyl adjacent to an activating group) is 1. The number of benzene rings is 2. The molecule has 1 heterocycles. The molecule has 0 fully saturated rings. The molecule has 0 aromatic heterocycles. The van der Waals surface area contributed by atoms with Crippen LogP contribution in [-0.4, -0.2) is 35.2 Å². The van der Waals surface area contributed by atoms with Crippen LogP contribution in [0.2, 0.25) is 0 Å². The van der Waals surface area contributed by atoms with Gasteiger partial charge in [-0.1, -0.05) is 74.0 Å². The Morgan fingerprint density at radius 1 is 0.885 bits per heavy atom. The molecule has 0 unspecified atom stereocenters. The minimum atomic E-state index is -0.194. The number of hydrogen-bond donors (Lipinski definition) is 0. The average Bonchev–Trinajstić information content (AvgIpc) is 2.92. The Labute approximate surface area is 154 Å². The van der Waals surface area contributed by atoms with Gasteiger partial charge in [-0.05, 0) is 17.5 Å². The fourth-order valence-corrected chi connectivity index (χ4v) is 3.24. The number of rotatable bonds is 7. The van der Waals surface area contributed by atoms with Gasteiger partial charge in [-0.25, -0.2) is 0 Å². The maximum Gasteiger partial charge on any atom is 0.277 e. The van der Waals surface area contributed by atoms with E-state index in [-0.39, 0.29) is 11.8 Å². The van der Waals surface area contributed by atoms with E-state index in [2.05, 4.69) is 6.92 Å². The summed E-state index contributed by atoms with van der Waals surface area (Å²) < 4.78 is 0. The van der Waals surface area contributed by atoms with Gasteiger partial charge in [0.15, 0.2) is 0 Å². The summed E-state index contributed by atoms with van der Waals surface area (Å²) in [6, 6.07) is 19.4. The van der Waals surface area contributed by atoms with Crippen molar-refractivity contribution in [2.75, 3.05) is 13.6 Å². The molecule has 4 nitrogen and oxygen atoms in total. The third-order valence-electron chi connectivity index (χ3n) is 4.59. The summed E-state index contributed by atoms with van der Waals surface area (Å²) in [4.78, 5) is 29.3. The van der Waals surface area contributed by atoms with E-state index in [1.165, 1.54) is 4.90 Å². The maximum atomic E-state index is 13.0. The van der Waals surface area contributed by atoms with Crippen molar-refractivity contribution in [1.82, 2.24) is 9.80 Å². The van der Waals surface area contributed by atoms with E-state index in [1.807, 2.05) is 72.6 Å². The molecule has 0 N–H and O–H groups in total. The highest BCUT2D eigenvalue weighted by Crippen LogP contribution is 2.31. The van der Waals surface area contributed by atoms with Gasteiger partial charge in [0.25, 0.3) is 11.8 Å². The van der Waals surface area contributed by atoms with Gasteiger partial charge in [0.05, 0.1) is 5.57 Å². The van der Waals surface area contributed by atoms with E-state index >= 15 is 0 Å². The quantitative estimate of drug-likeness (QED) is 0.717. The molecule has 0 atom stereocenters. The van der Waals surface area contributed by atoms with Crippen molar-refractivity contribution in [3.05, 3.63) is 77.5 Å². The zero-order valence-electron chi connectivity index (χ0n) is 15.3. The van der Waals surface area contributed by atoms with E-state index in [1.54, 1.807) is 0 Å². The first-order valence-corrected chi connectivity index (χ1v) is 9.04. The van der Waals surface area contributed by atoms with E-state index in [4.69, 9.17) is 0 Å². The summed E-state index contributed by atoms with van der Waals surface area (Å²) in [6.07, 6.45) is 1.75. The molecule has 2 aromatic carbocycles. The third kappa shape index (κ3) is 3.54. The highest BCUT2D eigenvalue weighted by Gasteiger charge is 2.40. The van der Waals surface area contributed by atoms with Crippen LogP contribution in [0, 0.1) is 0 Å². The second kappa shape index (κ2) is 8.00. The van der Waals surface area contributed by atoms with Gasteiger partial charge in [-0.15, -0.1) is 0 Å². The Bertz CT molecular complexity index is 813. The lowest BCUT2D eigenvalue weighted by atomic mass is 10.0. The van der Waals surface area contributed by atoms with E-state index in [0.717, 1.165) is 24.0 Å². The molecule has 4 heteroatoms. The summed E-state index contributed by atoms with van der Waals surface area (Å²) in [5.41, 5.74) is 2.88. The molecule has 134 valence electrons. The number of amides is 2. The van der Waals surface area contributed by atoms with Crippen LogP contribution in [-0.2, 0) is 16.1 Å². The summed E-state index contributed by atoms with van der Waals surface area (Å²) >= 11 is 0. The molecule has 1 aliphatic rings. The van der Waals surface area contributed by atoms with E-state index in [9.17, 15) is 9.59 Å². The number of imide groups is 1. The lowest BCUT2D eigenvalue weighted by molar-refractivity contribution is -0.137. The highest BCUT2D eigenvalue weighted by atomic mass is 16.2. The van der Waals surface area contributed by atoms with Gasteiger partial charge in [0.1, 0.15) is 5.70 Å². The van der Waals surface area contributed by atoms with Crippen LogP contribution in [0.15, 0.2) is 66.4 Å². The molecule has 2 aromatic rings. The minimum Gasteiger partial charge on any atom is -0.365 e. The molecule has 0 spiro atoms. The van der Waals surface area contributed by atoms with E-state index < -0.39 is 0 Å². The Morgan fingerprint density at radius 2 is 1.50 bits per heavy atom. The molecule has 1 aliphatic heterocycles. The Kier molecular flexibility index (Phi) is 5.52. The molecule has 2 amide bonds. The van der Waals surface area contributed by atoms with Gasteiger partial charge >= 0.3 is 0 Å². The molecular weight excluding hydrogens is 324 g/mol. The number of unbranched alkanes of at least 4 members (excludes halogenated alkanes) is 1. The number of hydrogen-bond acceptors (Lipinski definition) is 3. The molecule has 0 radical (unpaired) electrons. The van der Waals surface area contributed by atoms with Gasteiger partial charge < -0.3 is 4.90 Å². The van der Waals surface area contributed by atoms with Crippen LogP contribution >= 0.6 is 0 Å². The van der Waals surface area contributed by atoms with Crippen molar-refractivity contribution >= 4 is 17.4 Å². The molecule has 3 rings (SSSR count). The number of nitrogens with zero attached hydrogens (tertiary/aromatic N) is 2. The molecular formula is C22H24N2O2. The van der Waals surface area contributed by atoms with Crippen LogP contribution in [0.4, 0.5) is 0 Å². The van der Waals surface area contributed by atoms with Crippen molar-refractivity contribution in [3.8, 4) is 0 Å². The third-order valence-corrected chi connectivity index (χ3v) is 4.59. The van der Waals surface area contributed by atoms with Gasteiger partial charge in [-0.2, -0.15) is 0 Å². The maximum absolute atomic E-state index is 13.0. The standard InChI is InChI=1S/C22H24N2O2/c1-3-4-15-24-21(25)19(18-13-9-6-10-14-18)20(22(24)26)23(2)16-17-11-7-5-8-12-17/h5-14H,3-4,15-16H2,1-2H3. The van der Waals surface area contributed by atoms with Crippen LogP contribution in [0.25, 0.3) is 5.57 Å². The summed E-state index contributed by atoms with van der Waals surface area (Å²) in [5, 5.41) is 0. The van der Waals surface area contributed by atoms with Gasteiger partial charge in [0, 0.05) is 20.1 Å². The minimum absolute atomic E-state index is 0.190. The zero-order chi connectivity index (χ0) is 18.5. The Hall–Kier alpha value is -2.88. The van der Waals surface area contributed by atoms with Crippen molar-refractivity contribution in [2.24, 2.45) is 0 Å². The molecule has 0 saturated carbocycles. The average molecular weight is 348 g/mol. The first-order valence-electron chi connectivity index (χ1n) is 9.04. The predicted octanol–water partition coefficient (Wildman–Crippen LogP) is 3.70. The SMILES string of the molecule is CCCCN1C(=O)C(c2ccccc2)=C(N(C)Cc2ccccc2)C1=O.